The molecule has 1 amide bonds. The summed E-state index contributed by atoms with van der Waals surface area (Å²) in [5.41, 5.74) is 0.00476. The third-order valence-corrected chi connectivity index (χ3v) is 8.62. The van der Waals surface area contributed by atoms with Gasteiger partial charge in [0.1, 0.15) is 0 Å². The van der Waals surface area contributed by atoms with Crippen LogP contribution in [0.5, 0.6) is 0 Å². The van der Waals surface area contributed by atoms with Crippen molar-refractivity contribution in [2.75, 3.05) is 0 Å². The fraction of sp³-hybridized carbons (Fsp3) is 0.850. The summed E-state index contributed by atoms with van der Waals surface area (Å²) in [6.07, 6.45) is 7.42. The van der Waals surface area contributed by atoms with Crippen LogP contribution in [-0.2, 0) is 14.4 Å². The molecule has 0 spiro atoms. The molecule has 1 saturated heterocycles. The van der Waals surface area contributed by atoms with Gasteiger partial charge in [-0.05, 0) is 73.5 Å². The van der Waals surface area contributed by atoms with Crippen molar-refractivity contribution >= 4 is 17.7 Å². The zero-order chi connectivity index (χ0) is 18.0. The first kappa shape index (κ1) is 17.0. The summed E-state index contributed by atoms with van der Waals surface area (Å²) in [5, 5.41) is 12.4. The van der Waals surface area contributed by atoms with Crippen molar-refractivity contribution in [2.45, 2.75) is 71.3 Å². The average Bonchev–Trinajstić information content (AvgIpc) is 2.92. The Morgan fingerprint density at radius 3 is 2.44 bits per heavy atom. The zero-order valence-corrected chi connectivity index (χ0v) is 15.2. The van der Waals surface area contributed by atoms with Crippen LogP contribution in [0.25, 0.3) is 0 Å². The molecule has 3 aliphatic carbocycles. The number of amides is 1. The van der Waals surface area contributed by atoms with Crippen molar-refractivity contribution in [3.63, 3.8) is 0 Å². The van der Waals surface area contributed by atoms with Crippen molar-refractivity contribution in [1.29, 1.82) is 0 Å². The lowest BCUT2D eigenvalue weighted by atomic mass is 9.47. The Balaban J connectivity index is 1.61. The van der Waals surface area contributed by atoms with Crippen LogP contribution in [0.1, 0.15) is 65.2 Å². The Labute approximate surface area is 148 Å². The number of carbonyl (C=O) groups is 3. The van der Waals surface area contributed by atoms with E-state index in [4.69, 9.17) is 0 Å². The van der Waals surface area contributed by atoms with E-state index in [-0.39, 0.29) is 28.7 Å². The minimum atomic E-state index is -1.26. The summed E-state index contributed by atoms with van der Waals surface area (Å²) in [6, 6.07) is 0.289. The van der Waals surface area contributed by atoms with Crippen molar-refractivity contribution in [2.24, 2.45) is 34.5 Å². The number of aliphatic carboxylic acids is 1. The SMILES string of the molecule is CC12CCC(=O)NC1CCC1C2CCC2(C)C(C(=O)C(=O)O)CCC12. The molecule has 0 aromatic rings. The first-order valence-electron chi connectivity index (χ1n) is 9.84. The van der Waals surface area contributed by atoms with Crippen LogP contribution in [0.2, 0.25) is 0 Å². The third-order valence-electron chi connectivity index (χ3n) is 8.62. The normalized spacial score (nSPS) is 48.7. The summed E-state index contributed by atoms with van der Waals surface area (Å²) >= 11 is 0. The smallest absolute Gasteiger partial charge is 0.372 e. The summed E-state index contributed by atoms with van der Waals surface area (Å²) in [7, 11) is 0. The highest BCUT2D eigenvalue weighted by molar-refractivity contribution is 6.33. The second-order valence-electron chi connectivity index (χ2n) is 9.42. The lowest BCUT2D eigenvalue weighted by Crippen LogP contribution is -2.61. The standard InChI is InChI=1S/C20H29NO4/c1-19-9-7-13-11(12(19)4-5-14(19)17(23)18(24)25)3-6-15-20(13,2)10-8-16(22)21-15/h11-15H,3-10H2,1-2H3,(H,21,22)(H,24,25). The molecule has 138 valence electrons. The maximum Gasteiger partial charge on any atom is 0.372 e. The molecule has 1 aliphatic heterocycles. The first-order valence-corrected chi connectivity index (χ1v) is 9.84. The van der Waals surface area contributed by atoms with Crippen molar-refractivity contribution in [3.05, 3.63) is 0 Å². The van der Waals surface area contributed by atoms with Crippen molar-refractivity contribution in [3.8, 4) is 0 Å². The minimum Gasteiger partial charge on any atom is -0.475 e. The molecule has 7 atom stereocenters. The van der Waals surface area contributed by atoms with Crippen LogP contribution in [0.3, 0.4) is 0 Å². The van der Waals surface area contributed by atoms with Crippen LogP contribution in [-0.4, -0.2) is 28.8 Å². The molecule has 0 bridgehead atoms. The molecular weight excluding hydrogens is 318 g/mol. The molecule has 5 heteroatoms. The summed E-state index contributed by atoms with van der Waals surface area (Å²) in [6.45, 7) is 4.52. The number of hydrogen-bond donors (Lipinski definition) is 2. The molecule has 25 heavy (non-hydrogen) atoms. The van der Waals surface area contributed by atoms with Gasteiger partial charge in [-0.3, -0.25) is 9.59 Å². The van der Waals surface area contributed by atoms with Gasteiger partial charge in [-0.25, -0.2) is 4.79 Å². The maximum absolute atomic E-state index is 12.2. The second kappa shape index (κ2) is 5.55. The molecule has 4 rings (SSSR count). The quantitative estimate of drug-likeness (QED) is 0.753. The number of piperidine rings is 1. The summed E-state index contributed by atoms with van der Waals surface area (Å²) in [4.78, 5) is 35.3. The van der Waals surface area contributed by atoms with Gasteiger partial charge in [-0.1, -0.05) is 13.8 Å². The van der Waals surface area contributed by atoms with Gasteiger partial charge in [0, 0.05) is 18.4 Å². The summed E-state index contributed by atoms with van der Waals surface area (Å²) in [5.74, 6) is -0.352. The van der Waals surface area contributed by atoms with Crippen molar-refractivity contribution in [1.82, 2.24) is 5.32 Å². The Bertz CT molecular complexity index is 631. The monoisotopic (exact) mass is 347 g/mol. The highest BCUT2D eigenvalue weighted by atomic mass is 16.4. The maximum atomic E-state index is 12.2. The molecule has 4 fully saturated rings. The molecule has 2 N–H and O–H groups in total. The number of Topliss-reactive ketones (excluding diaryl/α,β-unsaturated/α-hetero) is 1. The number of nitrogens with one attached hydrogen (secondary N) is 1. The Morgan fingerprint density at radius 1 is 1.00 bits per heavy atom. The van der Waals surface area contributed by atoms with Crippen LogP contribution >= 0.6 is 0 Å². The Kier molecular flexibility index (Phi) is 3.79. The van der Waals surface area contributed by atoms with Crippen LogP contribution in [0.15, 0.2) is 0 Å². The average molecular weight is 347 g/mol. The van der Waals surface area contributed by atoms with Gasteiger partial charge in [-0.15, -0.1) is 0 Å². The van der Waals surface area contributed by atoms with E-state index in [9.17, 15) is 19.5 Å². The predicted octanol–water partition coefficient (Wildman–Crippen LogP) is 2.78. The van der Waals surface area contributed by atoms with Crippen LogP contribution < -0.4 is 5.32 Å². The van der Waals surface area contributed by atoms with E-state index in [2.05, 4.69) is 19.2 Å². The Hall–Kier alpha value is -1.39. The molecule has 5 nitrogen and oxygen atoms in total. The Morgan fingerprint density at radius 2 is 1.72 bits per heavy atom. The van der Waals surface area contributed by atoms with E-state index in [1.807, 2.05) is 0 Å². The van der Waals surface area contributed by atoms with Crippen molar-refractivity contribution < 1.29 is 19.5 Å². The molecule has 3 saturated carbocycles. The number of rotatable bonds is 2. The lowest BCUT2D eigenvalue weighted by molar-refractivity contribution is -0.155. The number of hydrogen-bond acceptors (Lipinski definition) is 3. The number of fused-ring (bicyclic) bond motifs is 5. The second-order valence-corrected chi connectivity index (χ2v) is 9.42. The fourth-order valence-corrected chi connectivity index (χ4v) is 7.28. The molecule has 4 aliphatic rings. The van der Waals surface area contributed by atoms with Crippen LogP contribution in [0.4, 0.5) is 0 Å². The molecule has 0 aromatic carbocycles. The van der Waals surface area contributed by atoms with E-state index < -0.39 is 11.8 Å². The van der Waals surface area contributed by atoms with Gasteiger partial charge in [0.2, 0.25) is 11.7 Å². The fourth-order valence-electron chi connectivity index (χ4n) is 7.28. The number of ketones is 1. The topological polar surface area (TPSA) is 83.5 Å². The van der Waals surface area contributed by atoms with Gasteiger partial charge in [0.15, 0.2) is 0 Å². The number of carboxylic acid groups (broad SMARTS) is 1. The number of carbonyl (C=O) groups excluding carboxylic acids is 2. The molecule has 0 aromatic heterocycles. The molecule has 0 radical (unpaired) electrons. The summed E-state index contributed by atoms with van der Waals surface area (Å²) < 4.78 is 0. The zero-order valence-electron chi connectivity index (χ0n) is 15.2. The molecule has 7 unspecified atom stereocenters. The molecular formula is C20H29NO4. The largest absolute Gasteiger partial charge is 0.475 e. The first-order chi connectivity index (χ1) is 11.8. The van der Waals surface area contributed by atoms with Gasteiger partial charge in [0.25, 0.3) is 0 Å². The van der Waals surface area contributed by atoms with E-state index >= 15 is 0 Å². The predicted molar refractivity (Wildman–Crippen MR) is 91.7 cm³/mol. The van der Waals surface area contributed by atoms with Gasteiger partial charge in [-0.2, -0.15) is 0 Å². The highest BCUT2D eigenvalue weighted by Crippen LogP contribution is 2.65. The van der Waals surface area contributed by atoms with Gasteiger partial charge < -0.3 is 10.4 Å². The number of carboxylic acids is 1. The van der Waals surface area contributed by atoms with E-state index in [1.54, 1.807) is 0 Å². The van der Waals surface area contributed by atoms with Crippen LogP contribution in [0, 0.1) is 34.5 Å². The molecule has 1 heterocycles. The highest BCUT2D eigenvalue weighted by Gasteiger charge is 2.61. The van der Waals surface area contributed by atoms with E-state index in [1.165, 1.54) is 0 Å². The minimum absolute atomic E-state index is 0.155. The van der Waals surface area contributed by atoms with E-state index in [0.717, 1.165) is 44.9 Å². The van der Waals surface area contributed by atoms with Gasteiger partial charge in [0.05, 0.1) is 0 Å². The van der Waals surface area contributed by atoms with Gasteiger partial charge >= 0.3 is 5.97 Å². The lowest BCUT2D eigenvalue weighted by Gasteiger charge is -2.60. The third kappa shape index (κ3) is 2.30. The van der Waals surface area contributed by atoms with E-state index in [0.29, 0.717) is 24.2 Å².